The summed E-state index contributed by atoms with van der Waals surface area (Å²) in [6, 6.07) is 61.9. The van der Waals surface area contributed by atoms with E-state index in [1.54, 1.807) is 23.5 Å². The number of benzene rings is 12. The highest BCUT2D eigenvalue weighted by molar-refractivity contribution is 7.26. The molecule has 77 heavy (non-hydrogen) atoms. The number of nitrogens with zero attached hydrogens (tertiary/aromatic N) is 3. The second-order valence-electron chi connectivity index (χ2n) is 19.8. The Bertz CT molecular complexity index is 5550. The standard InChI is InChI=1S/C73H45N3S/c1-8-27-62-52(17-1)53-18-2-9-28-63(53)73(62)64-29-10-3-19-54(64)60-25-16-33-68(71(60)73)76-67-32-13-6-22-57(67)58-44-43-50(45-69(58)76)74(47-37-35-46(36-38-47)51-24-15-26-61-59-23-7-14-34-70(59)77-72(51)61)48-39-41-49(42-40-48)75-65-30-11-4-20-55(65)56-21-5-12-31-66(56)75/h1-45H/i1D,2D,3D,8D,9D,10D,17D,18D,19D,27D,28D,29D. The molecule has 0 N–H and O–H groups in total. The lowest BCUT2D eigenvalue weighted by molar-refractivity contribution is 0.786. The molecule has 0 saturated heterocycles. The minimum absolute atomic E-state index is 0.0648. The fourth-order valence-corrected chi connectivity index (χ4v) is 14.2. The third-order valence-electron chi connectivity index (χ3n) is 16.1. The zero-order chi connectivity index (χ0) is 60.8. The summed E-state index contributed by atoms with van der Waals surface area (Å²) in [7, 11) is 0. The molecule has 3 heterocycles. The van der Waals surface area contributed by atoms with Gasteiger partial charge < -0.3 is 14.0 Å². The third-order valence-corrected chi connectivity index (χ3v) is 17.3. The largest absolute Gasteiger partial charge is 0.310 e. The molecule has 0 atom stereocenters. The van der Waals surface area contributed by atoms with E-state index >= 15 is 0 Å². The molecule has 0 amide bonds. The van der Waals surface area contributed by atoms with Gasteiger partial charge in [0.25, 0.3) is 0 Å². The van der Waals surface area contributed by atoms with Crippen LogP contribution in [0.4, 0.5) is 17.1 Å². The zero-order valence-corrected chi connectivity index (χ0v) is 41.6. The topological polar surface area (TPSA) is 13.1 Å². The van der Waals surface area contributed by atoms with Gasteiger partial charge in [-0.25, -0.2) is 0 Å². The minimum Gasteiger partial charge on any atom is -0.310 e. The van der Waals surface area contributed by atoms with Crippen LogP contribution in [0.15, 0.2) is 273 Å². The molecule has 1 spiro atoms. The Morgan fingerprint density at radius 1 is 0.364 bits per heavy atom. The van der Waals surface area contributed by atoms with E-state index in [4.69, 9.17) is 4.11 Å². The van der Waals surface area contributed by atoms with E-state index < -0.39 is 77.9 Å². The first-order valence-corrected chi connectivity index (χ1v) is 26.4. The summed E-state index contributed by atoms with van der Waals surface area (Å²) in [4.78, 5) is 2.22. The van der Waals surface area contributed by atoms with Gasteiger partial charge in [0.05, 0.1) is 49.6 Å². The molecule has 15 aromatic rings. The van der Waals surface area contributed by atoms with E-state index in [-0.39, 0.29) is 38.9 Å². The van der Waals surface area contributed by atoms with Crippen molar-refractivity contribution in [1.82, 2.24) is 9.13 Å². The fraction of sp³-hybridized carbons (Fsp3) is 0.0137. The Labute approximate surface area is 465 Å². The first-order valence-electron chi connectivity index (χ1n) is 31.6. The van der Waals surface area contributed by atoms with Gasteiger partial charge in [-0.2, -0.15) is 0 Å². The second-order valence-corrected chi connectivity index (χ2v) is 20.9. The number of anilines is 3. The maximum Gasteiger partial charge on any atom is 0.0746 e. The van der Waals surface area contributed by atoms with Crippen molar-refractivity contribution in [2.45, 2.75) is 5.41 Å². The highest BCUT2D eigenvalue weighted by Gasteiger charge is 2.53. The van der Waals surface area contributed by atoms with E-state index in [2.05, 4.69) is 172 Å². The van der Waals surface area contributed by atoms with Crippen molar-refractivity contribution >= 4 is 92.2 Å². The number of rotatable bonds is 6. The van der Waals surface area contributed by atoms with Gasteiger partial charge in [-0.05, 0) is 129 Å². The number of thiophene rings is 1. The van der Waals surface area contributed by atoms with Gasteiger partial charge >= 0.3 is 0 Å². The van der Waals surface area contributed by atoms with Crippen LogP contribution in [0.5, 0.6) is 0 Å². The number of hydrogen-bond donors (Lipinski definition) is 0. The van der Waals surface area contributed by atoms with Crippen LogP contribution in [0.2, 0.25) is 0 Å². The number of para-hydroxylation sites is 3. The molecular formula is C73H45N3S. The summed E-state index contributed by atoms with van der Waals surface area (Å²) >= 11 is 1.78. The van der Waals surface area contributed by atoms with Gasteiger partial charge in [0.1, 0.15) is 0 Å². The summed E-state index contributed by atoms with van der Waals surface area (Å²) < 4.78 is 120. The average molecular weight is 1010 g/mol. The van der Waals surface area contributed by atoms with Crippen molar-refractivity contribution in [2.75, 3.05) is 4.90 Å². The Hall–Kier alpha value is -9.74. The Balaban J connectivity index is 0.937. The summed E-state index contributed by atoms with van der Waals surface area (Å²) in [5.74, 6) is 0. The van der Waals surface area contributed by atoms with Crippen LogP contribution in [-0.4, -0.2) is 9.13 Å². The lowest BCUT2D eigenvalue weighted by Crippen LogP contribution is -2.27. The Morgan fingerprint density at radius 3 is 1.48 bits per heavy atom. The fourth-order valence-electron chi connectivity index (χ4n) is 13.0. The van der Waals surface area contributed by atoms with Crippen LogP contribution >= 0.6 is 11.3 Å². The van der Waals surface area contributed by atoms with Crippen molar-refractivity contribution in [2.24, 2.45) is 0 Å². The molecule has 12 aromatic carbocycles. The quantitative estimate of drug-likeness (QED) is 0.162. The molecule has 0 fully saturated rings. The summed E-state index contributed by atoms with van der Waals surface area (Å²) in [6.45, 7) is 0. The summed E-state index contributed by atoms with van der Waals surface area (Å²) in [5.41, 5.74) is 7.59. The van der Waals surface area contributed by atoms with Crippen molar-refractivity contribution in [1.29, 1.82) is 0 Å². The van der Waals surface area contributed by atoms with E-state index in [1.165, 1.54) is 20.2 Å². The third kappa shape index (κ3) is 5.85. The Morgan fingerprint density at radius 2 is 0.844 bits per heavy atom. The lowest BCUT2D eigenvalue weighted by Gasteiger charge is -2.32. The van der Waals surface area contributed by atoms with Gasteiger partial charge in [0, 0.05) is 70.0 Å². The Kier molecular flexibility index (Phi) is 6.82. The monoisotopic (exact) mass is 1010 g/mol. The second kappa shape index (κ2) is 16.1. The van der Waals surface area contributed by atoms with E-state index in [1.807, 2.05) is 30.3 Å². The molecule has 0 aliphatic heterocycles. The molecule has 3 aromatic heterocycles. The molecule has 358 valence electrons. The summed E-state index contributed by atoms with van der Waals surface area (Å²) in [5, 5.41) is 6.44. The van der Waals surface area contributed by atoms with Crippen LogP contribution < -0.4 is 4.90 Å². The van der Waals surface area contributed by atoms with Gasteiger partial charge in [0.15, 0.2) is 0 Å². The van der Waals surface area contributed by atoms with Crippen LogP contribution in [-0.2, 0) is 5.41 Å². The number of fused-ring (bicyclic) bond motifs is 19. The maximum absolute atomic E-state index is 9.91. The minimum atomic E-state index is -2.16. The average Bonchev–Trinajstić information content (AvgIpc) is 1.48. The van der Waals surface area contributed by atoms with E-state index in [0.717, 1.165) is 72.0 Å². The zero-order valence-electron chi connectivity index (χ0n) is 52.8. The van der Waals surface area contributed by atoms with E-state index in [9.17, 15) is 12.3 Å². The van der Waals surface area contributed by atoms with Crippen molar-refractivity contribution in [3.63, 3.8) is 0 Å². The molecule has 2 aliphatic carbocycles. The van der Waals surface area contributed by atoms with Crippen LogP contribution in [0, 0.1) is 0 Å². The highest BCUT2D eigenvalue weighted by Crippen LogP contribution is 2.64. The van der Waals surface area contributed by atoms with Crippen molar-refractivity contribution in [3.8, 4) is 44.8 Å². The smallest absolute Gasteiger partial charge is 0.0746 e. The molecule has 0 saturated carbocycles. The first-order chi connectivity index (χ1) is 43.2. The maximum atomic E-state index is 9.91. The number of aromatic nitrogens is 2. The predicted octanol–water partition coefficient (Wildman–Crippen LogP) is 19.7. The number of hydrogen-bond acceptors (Lipinski definition) is 2. The molecule has 3 nitrogen and oxygen atoms in total. The van der Waals surface area contributed by atoms with Crippen LogP contribution in [0.3, 0.4) is 0 Å². The van der Waals surface area contributed by atoms with Gasteiger partial charge in [-0.3, -0.25) is 0 Å². The van der Waals surface area contributed by atoms with Gasteiger partial charge in [-0.15, -0.1) is 11.3 Å². The predicted molar refractivity (Wildman–Crippen MR) is 324 cm³/mol. The molecule has 0 bridgehead atoms. The molecule has 17 rings (SSSR count). The SMILES string of the molecule is [2H]c1c([2H])c([2H])c2c(c1[2H])-c1cccc(-n3c4ccccc4c4ccc(N(c5ccc(-c6cccc7c6sc6ccccc67)cc5)c5ccc(-n6c7ccccc7c7ccccc76)cc5)cc43)c1C21c2c([2H])c([2H])c([2H])c([2H])c2-c2c([2H])c([2H])c([2H])c([2H])c21. The first kappa shape index (κ1) is 32.5. The molecule has 0 unspecified atom stereocenters. The van der Waals surface area contributed by atoms with Crippen molar-refractivity contribution in [3.05, 3.63) is 295 Å². The van der Waals surface area contributed by atoms with Crippen LogP contribution in [0.25, 0.3) is 109 Å². The molecule has 2 aliphatic rings. The molecule has 0 radical (unpaired) electrons. The van der Waals surface area contributed by atoms with Crippen LogP contribution in [0.1, 0.15) is 38.7 Å². The normalized spacial score (nSPS) is 15.2. The van der Waals surface area contributed by atoms with Gasteiger partial charge in [-0.1, -0.05) is 194 Å². The molecule has 4 heteroatoms. The van der Waals surface area contributed by atoms with E-state index in [0.29, 0.717) is 16.8 Å². The highest BCUT2D eigenvalue weighted by atomic mass is 32.1. The van der Waals surface area contributed by atoms with Crippen molar-refractivity contribution < 1.29 is 16.4 Å². The lowest BCUT2D eigenvalue weighted by atomic mass is 9.70. The summed E-state index contributed by atoms with van der Waals surface area (Å²) in [6.07, 6.45) is 0. The van der Waals surface area contributed by atoms with Gasteiger partial charge in [0.2, 0.25) is 0 Å². The molecular weight excluding hydrogens is 951 g/mol.